The molecule has 192 valence electrons. The Morgan fingerprint density at radius 1 is 1.00 bits per heavy atom. The van der Waals surface area contributed by atoms with Gasteiger partial charge in [0.1, 0.15) is 18.1 Å². The smallest absolute Gasteiger partial charge is 0.316 e. The molecule has 7 N–H and O–H groups in total. The van der Waals surface area contributed by atoms with Crippen molar-refractivity contribution in [2.24, 2.45) is 5.73 Å². The van der Waals surface area contributed by atoms with Gasteiger partial charge in [0.05, 0.1) is 25.9 Å². The Hall–Kier alpha value is -3.63. The third kappa shape index (κ3) is 8.86. The van der Waals surface area contributed by atoms with E-state index >= 15 is 0 Å². The van der Waals surface area contributed by atoms with Crippen LogP contribution in [0.15, 0.2) is 66.7 Å². The Kier molecular flexibility index (Phi) is 10.5. The Morgan fingerprint density at radius 3 is 2.56 bits per heavy atom. The van der Waals surface area contributed by atoms with Crippen molar-refractivity contribution in [1.29, 1.82) is 0 Å². The van der Waals surface area contributed by atoms with E-state index in [1.54, 1.807) is 24.3 Å². The maximum Gasteiger partial charge on any atom is 0.316 e. The molecule has 0 saturated carbocycles. The highest BCUT2D eigenvalue weighted by Gasteiger charge is 2.10. The SMILES string of the molecule is NC(=O)Nc1cccc(COCCOc2ccc(CCNC[C@H](O)c3ccc(O)c(CO)c3)cc2)c1. The fourth-order valence-corrected chi connectivity index (χ4v) is 3.57. The lowest BCUT2D eigenvalue weighted by molar-refractivity contribution is 0.0889. The van der Waals surface area contributed by atoms with Crippen LogP contribution in [0.4, 0.5) is 10.5 Å². The third-order valence-corrected chi connectivity index (χ3v) is 5.47. The van der Waals surface area contributed by atoms with Crippen LogP contribution in [0, 0.1) is 0 Å². The van der Waals surface area contributed by atoms with Gasteiger partial charge in [-0.25, -0.2) is 4.79 Å². The summed E-state index contributed by atoms with van der Waals surface area (Å²) in [6, 6.07) is 19.2. The molecule has 0 aliphatic carbocycles. The van der Waals surface area contributed by atoms with E-state index in [-0.39, 0.29) is 12.4 Å². The number of aromatic hydroxyl groups is 1. The lowest BCUT2D eigenvalue weighted by Gasteiger charge is -2.14. The molecule has 0 aliphatic heterocycles. The molecule has 36 heavy (non-hydrogen) atoms. The number of anilines is 1. The molecule has 0 radical (unpaired) electrons. The van der Waals surface area contributed by atoms with Crippen LogP contribution in [0.1, 0.15) is 28.4 Å². The lowest BCUT2D eigenvalue weighted by Crippen LogP contribution is -2.23. The van der Waals surface area contributed by atoms with Crippen LogP contribution in [0.3, 0.4) is 0 Å². The zero-order valence-electron chi connectivity index (χ0n) is 20.0. The minimum Gasteiger partial charge on any atom is -0.508 e. The summed E-state index contributed by atoms with van der Waals surface area (Å²) in [5.74, 6) is 0.772. The molecule has 3 aromatic rings. The number of carbonyl (C=O) groups excluding carboxylic acids is 1. The molecule has 2 amide bonds. The van der Waals surface area contributed by atoms with Gasteiger partial charge in [-0.3, -0.25) is 0 Å². The Balaban J connectivity index is 1.31. The van der Waals surface area contributed by atoms with Crippen molar-refractivity contribution < 1.29 is 29.6 Å². The molecule has 0 aliphatic rings. The molecule has 0 aromatic heterocycles. The van der Waals surface area contributed by atoms with Crippen molar-refractivity contribution in [2.45, 2.75) is 25.7 Å². The molecule has 3 aromatic carbocycles. The van der Waals surface area contributed by atoms with Crippen LogP contribution in [-0.2, 0) is 24.4 Å². The number of rotatable bonds is 14. The standard InChI is InChI=1S/C27H33N3O6/c28-27(34)30-23-3-1-2-20(14-23)18-35-12-13-36-24-7-4-19(5-8-24)10-11-29-16-26(33)21-6-9-25(32)22(15-21)17-31/h1-9,14-15,26,29,31-33H,10-13,16-18H2,(H3,28,30,34)/t26-/m0/s1. The van der Waals surface area contributed by atoms with E-state index in [9.17, 15) is 20.1 Å². The van der Waals surface area contributed by atoms with E-state index in [0.717, 1.165) is 23.3 Å². The number of primary amides is 1. The Labute approximate surface area is 210 Å². The molecule has 0 heterocycles. The predicted octanol–water partition coefficient (Wildman–Crippen LogP) is 2.84. The number of phenols is 1. The van der Waals surface area contributed by atoms with Gasteiger partial charge in [0.2, 0.25) is 0 Å². The number of benzene rings is 3. The number of nitrogens with two attached hydrogens (primary N) is 1. The molecule has 0 bridgehead atoms. The van der Waals surface area contributed by atoms with Gasteiger partial charge in [0.25, 0.3) is 0 Å². The summed E-state index contributed by atoms with van der Waals surface area (Å²) in [6.45, 7) is 2.00. The third-order valence-electron chi connectivity index (χ3n) is 5.47. The Bertz CT molecular complexity index is 1110. The summed E-state index contributed by atoms with van der Waals surface area (Å²) in [5, 5.41) is 35.0. The van der Waals surface area contributed by atoms with E-state index < -0.39 is 12.1 Å². The van der Waals surface area contributed by atoms with Gasteiger partial charge in [-0.1, -0.05) is 30.3 Å². The second-order valence-corrected chi connectivity index (χ2v) is 8.25. The maximum atomic E-state index is 10.9. The molecule has 1 atom stereocenters. The van der Waals surface area contributed by atoms with Crippen molar-refractivity contribution in [1.82, 2.24) is 5.32 Å². The van der Waals surface area contributed by atoms with Gasteiger partial charge in [0.15, 0.2) is 0 Å². The lowest BCUT2D eigenvalue weighted by atomic mass is 10.1. The number of ether oxygens (including phenoxy) is 2. The average Bonchev–Trinajstić information content (AvgIpc) is 2.87. The normalized spacial score (nSPS) is 11.7. The fraction of sp³-hybridized carbons (Fsp3) is 0.296. The number of hydrogen-bond donors (Lipinski definition) is 6. The van der Waals surface area contributed by atoms with Crippen LogP contribution in [0.2, 0.25) is 0 Å². The number of aliphatic hydroxyl groups is 2. The predicted molar refractivity (Wildman–Crippen MR) is 137 cm³/mol. The highest BCUT2D eigenvalue weighted by Crippen LogP contribution is 2.22. The zero-order valence-corrected chi connectivity index (χ0v) is 20.0. The summed E-state index contributed by atoms with van der Waals surface area (Å²) >= 11 is 0. The highest BCUT2D eigenvalue weighted by atomic mass is 16.5. The van der Waals surface area contributed by atoms with Gasteiger partial charge < -0.3 is 41.2 Å². The zero-order chi connectivity index (χ0) is 25.8. The van der Waals surface area contributed by atoms with Crippen LogP contribution in [0.25, 0.3) is 0 Å². The first-order valence-corrected chi connectivity index (χ1v) is 11.7. The van der Waals surface area contributed by atoms with E-state index in [1.807, 2.05) is 36.4 Å². The summed E-state index contributed by atoms with van der Waals surface area (Å²) in [6.07, 6.45) is 0.0571. The van der Waals surface area contributed by atoms with Gasteiger partial charge in [0, 0.05) is 17.8 Å². The molecule has 0 unspecified atom stereocenters. The monoisotopic (exact) mass is 495 g/mol. The molecular weight excluding hydrogens is 462 g/mol. The van der Waals surface area contributed by atoms with E-state index in [0.29, 0.717) is 49.7 Å². The number of hydrogen-bond acceptors (Lipinski definition) is 7. The average molecular weight is 496 g/mol. The molecule has 3 rings (SSSR count). The topological polar surface area (TPSA) is 146 Å². The quantitative estimate of drug-likeness (QED) is 0.189. The molecule has 9 nitrogen and oxygen atoms in total. The molecule has 0 saturated heterocycles. The van der Waals surface area contributed by atoms with Crippen LogP contribution < -0.4 is 21.1 Å². The van der Waals surface area contributed by atoms with Crippen molar-refractivity contribution in [3.8, 4) is 11.5 Å². The van der Waals surface area contributed by atoms with Crippen LogP contribution >= 0.6 is 0 Å². The second-order valence-electron chi connectivity index (χ2n) is 8.25. The molecule has 0 fully saturated rings. The number of urea groups is 1. The highest BCUT2D eigenvalue weighted by molar-refractivity contribution is 5.87. The number of carbonyl (C=O) groups is 1. The number of amides is 2. The van der Waals surface area contributed by atoms with Crippen molar-refractivity contribution >= 4 is 11.7 Å². The van der Waals surface area contributed by atoms with Crippen molar-refractivity contribution in [2.75, 3.05) is 31.6 Å². The van der Waals surface area contributed by atoms with Crippen LogP contribution in [0.5, 0.6) is 11.5 Å². The number of aliphatic hydroxyl groups excluding tert-OH is 2. The first-order valence-electron chi connectivity index (χ1n) is 11.7. The fourth-order valence-electron chi connectivity index (χ4n) is 3.57. The minimum absolute atomic E-state index is 0.0168. The largest absolute Gasteiger partial charge is 0.508 e. The maximum absolute atomic E-state index is 10.9. The molecule has 9 heteroatoms. The van der Waals surface area contributed by atoms with Gasteiger partial charge in [-0.2, -0.15) is 0 Å². The summed E-state index contributed by atoms with van der Waals surface area (Å²) in [5.41, 5.74) is 8.85. The molecular formula is C27H33N3O6. The summed E-state index contributed by atoms with van der Waals surface area (Å²) in [7, 11) is 0. The molecule has 0 spiro atoms. The van der Waals surface area contributed by atoms with E-state index in [2.05, 4.69) is 10.6 Å². The summed E-state index contributed by atoms with van der Waals surface area (Å²) < 4.78 is 11.4. The van der Waals surface area contributed by atoms with Crippen molar-refractivity contribution in [3.05, 3.63) is 89.0 Å². The van der Waals surface area contributed by atoms with Crippen LogP contribution in [-0.4, -0.2) is 47.7 Å². The van der Waals surface area contributed by atoms with Gasteiger partial charge >= 0.3 is 6.03 Å². The first kappa shape index (κ1) is 27.0. The second kappa shape index (κ2) is 14.1. The van der Waals surface area contributed by atoms with E-state index in [1.165, 1.54) is 6.07 Å². The van der Waals surface area contributed by atoms with E-state index in [4.69, 9.17) is 15.2 Å². The van der Waals surface area contributed by atoms with Gasteiger partial charge in [-0.05, 0) is 66.1 Å². The minimum atomic E-state index is -0.732. The Morgan fingerprint density at radius 2 is 1.81 bits per heavy atom. The number of nitrogens with one attached hydrogen (secondary N) is 2. The first-order chi connectivity index (χ1) is 17.4. The van der Waals surface area contributed by atoms with Crippen molar-refractivity contribution in [3.63, 3.8) is 0 Å². The summed E-state index contributed by atoms with van der Waals surface area (Å²) in [4.78, 5) is 10.9. The van der Waals surface area contributed by atoms with Gasteiger partial charge in [-0.15, -0.1) is 0 Å².